The van der Waals surface area contributed by atoms with Crippen molar-refractivity contribution in [2.75, 3.05) is 26.7 Å². The molecule has 0 spiro atoms. The van der Waals surface area contributed by atoms with Crippen molar-refractivity contribution >= 4 is 47.2 Å². The number of thiophene rings is 1. The van der Waals surface area contributed by atoms with Gasteiger partial charge in [0.15, 0.2) is 5.96 Å². The molecule has 0 fully saturated rings. The van der Waals surface area contributed by atoms with Crippen LogP contribution >= 0.6 is 35.3 Å². The van der Waals surface area contributed by atoms with E-state index in [1.54, 1.807) is 30.5 Å². The first kappa shape index (κ1) is 22.6. The van der Waals surface area contributed by atoms with E-state index in [1.165, 1.54) is 22.6 Å². The molecule has 0 saturated heterocycles. The number of guanidine groups is 1. The lowest BCUT2D eigenvalue weighted by molar-refractivity contribution is -0.131. The Hall–Kier alpha value is -1.68. The molecule has 1 aromatic carbocycles. The van der Waals surface area contributed by atoms with Crippen LogP contribution in [0.2, 0.25) is 0 Å². The zero-order valence-corrected chi connectivity index (χ0v) is 19.1. The van der Waals surface area contributed by atoms with E-state index in [1.807, 2.05) is 4.90 Å². The maximum Gasteiger partial charge on any atom is 0.224 e. The molecule has 1 aromatic heterocycles. The lowest BCUT2D eigenvalue weighted by Crippen LogP contribution is -2.41. The highest BCUT2D eigenvalue weighted by atomic mass is 127. The highest BCUT2D eigenvalue weighted by Gasteiger charge is 2.20. The highest BCUT2D eigenvalue weighted by molar-refractivity contribution is 14.0. The molecule has 1 amide bonds. The van der Waals surface area contributed by atoms with Crippen LogP contribution in [-0.4, -0.2) is 43.4 Å². The Balaban J connectivity index is 0.00000280. The van der Waals surface area contributed by atoms with Crippen molar-refractivity contribution in [2.24, 2.45) is 4.99 Å². The van der Waals surface area contributed by atoms with Crippen LogP contribution in [0, 0.1) is 5.82 Å². The van der Waals surface area contributed by atoms with Crippen molar-refractivity contribution in [3.8, 4) is 0 Å². The quantitative estimate of drug-likeness (QED) is 0.353. The number of halogens is 2. The van der Waals surface area contributed by atoms with E-state index in [2.05, 4.69) is 27.1 Å². The summed E-state index contributed by atoms with van der Waals surface area (Å²) in [4.78, 5) is 19.9. The topological polar surface area (TPSA) is 56.7 Å². The molecule has 0 atom stereocenters. The molecule has 152 valence electrons. The van der Waals surface area contributed by atoms with Gasteiger partial charge in [0, 0.05) is 44.5 Å². The van der Waals surface area contributed by atoms with Crippen molar-refractivity contribution in [3.05, 3.63) is 57.5 Å². The number of aliphatic imine (C=N–C) groups is 1. The summed E-state index contributed by atoms with van der Waals surface area (Å²) in [6.45, 7) is 2.76. The lowest BCUT2D eigenvalue weighted by atomic mass is 10.1. The summed E-state index contributed by atoms with van der Waals surface area (Å²) >= 11 is 1.78. The molecule has 0 radical (unpaired) electrons. The van der Waals surface area contributed by atoms with E-state index in [9.17, 15) is 9.18 Å². The SMILES string of the molecule is CN=C(NCCC(=O)N1CCc2sccc2C1)NCCc1ccc(F)cc1.I. The predicted octanol–water partition coefficient (Wildman–Crippen LogP) is 3.19. The number of carbonyl (C=O) groups excluding carboxylic acids is 1. The number of benzene rings is 1. The number of carbonyl (C=O) groups is 1. The number of hydrogen-bond donors (Lipinski definition) is 2. The molecule has 1 aliphatic rings. The largest absolute Gasteiger partial charge is 0.356 e. The maximum absolute atomic E-state index is 12.9. The zero-order valence-electron chi connectivity index (χ0n) is 15.9. The Morgan fingerprint density at radius 2 is 1.96 bits per heavy atom. The van der Waals surface area contributed by atoms with E-state index in [-0.39, 0.29) is 35.7 Å². The van der Waals surface area contributed by atoms with Crippen LogP contribution in [0.5, 0.6) is 0 Å². The van der Waals surface area contributed by atoms with Crippen LogP contribution in [0.4, 0.5) is 4.39 Å². The van der Waals surface area contributed by atoms with E-state index < -0.39 is 0 Å². The van der Waals surface area contributed by atoms with E-state index in [0.717, 1.165) is 31.5 Å². The third-order valence-corrected chi connectivity index (χ3v) is 5.66. The van der Waals surface area contributed by atoms with E-state index >= 15 is 0 Å². The first-order valence-corrected chi connectivity index (χ1v) is 10.1. The van der Waals surface area contributed by atoms with E-state index in [4.69, 9.17) is 0 Å². The summed E-state index contributed by atoms with van der Waals surface area (Å²) in [7, 11) is 1.71. The Labute approximate surface area is 186 Å². The van der Waals surface area contributed by atoms with Gasteiger partial charge in [0.25, 0.3) is 0 Å². The van der Waals surface area contributed by atoms with Crippen LogP contribution < -0.4 is 10.6 Å². The predicted molar refractivity (Wildman–Crippen MR) is 123 cm³/mol. The van der Waals surface area contributed by atoms with Crippen molar-refractivity contribution in [1.29, 1.82) is 0 Å². The van der Waals surface area contributed by atoms with Crippen LogP contribution in [-0.2, 0) is 24.2 Å². The third-order valence-electron chi connectivity index (χ3n) is 4.63. The number of nitrogens with zero attached hydrogens (tertiary/aromatic N) is 2. The Bertz CT molecular complexity index is 794. The molecule has 1 aliphatic heterocycles. The minimum Gasteiger partial charge on any atom is -0.356 e. The lowest BCUT2D eigenvalue weighted by Gasteiger charge is -2.27. The van der Waals surface area contributed by atoms with Gasteiger partial charge in [0.05, 0.1) is 0 Å². The molecular formula is C20H26FIN4OS. The van der Waals surface area contributed by atoms with Gasteiger partial charge in [-0.2, -0.15) is 0 Å². The number of fused-ring (bicyclic) bond motifs is 1. The average Bonchev–Trinajstić information content (AvgIpc) is 3.16. The standard InChI is InChI=1S/C20H25FN4OS.HI/c1-22-20(23-10-6-15-2-4-17(21)5-3-15)24-11-7-19(26)25-12-8-18-16(14-25)9-13-27-18;/h2-5,9,13H,6-8,10-12,14H2,1H3,(H2,22,23,24);1H. The Morgan fingerprint density at radius 3 is 2.71 bits per heavy atom. The first-order chi connectivity index (χ1) is 13.2. The Kier molecular flexibility index (Phi) is 9.17. The Morgan fingerprint density at radius 1 is 1.21 bits per heavy atom. The monoisotopic (exact) mass is 516 g/mol. The third kappa shape index (κ3) is 6.44. The first-order valence-electron chi connectivity index (χ1n) is 9.17. The van der Waals surface area contributed by atoms with Gasteiger partial charge in [-0.3, -0.25) is 9.79 Å². The van der Waals surface area contributed by atoms with Crippen LogP contribution in [0.15, 0.2) is 40.7 Å². The highest BCUT2D eigenvalue weighted by Crippen LogP contribution is 2.24. The van der Waals surface area contributed by atoms with E-state index in [0.29, 0.717) is 25.5 Å². The summed E-state index contributed by atoms with van der Waals surface area (Å²) in [5, 5.41) is 8.50. The van der Waals surface area contributed by atoms with Crippen molar-refractivity contribution in [3.63, 3.8) is 0 Å². The zero-order chi connectivity index (χ0) is 19.1. The van der Waals surface area contributed by atoms with Crippen molar-refractivity contribution in [2.45, 2.75) is 25.8 Å². The summed E-state index contributed by atoms with van der Waals surface area (Å²) in [6.07, 6.45) is 2.17. The minimum atomic E-state index is -0.224. The van der Waals surface area contributed by atoms with Gasteiger partial charge in [-0.05, 0) is 47.5 Å². The molecule has 5 nitrogen and oxygen atoms in total. The second kappa shape index (κ2) is 11.4. The van der Waals surface area contributed by atoms with Gasteiger partial charge in [0.1, 0.15) is 5.82 Å². The normalized spacial score (nSPS) is 13.5. The maximum atomic E-state index is 12.9. The second-order valence-corrected chi connectivity index (χ2v) is 7.49. The van der Waals surface area contributed by atoms with Gasteiger partial charge in [-0.15, -0.1) is 35.3 Å². The average molecular weight is 516 g/mol. The number of rotatable bonds is 6. The molecule has 2 heterocycles. The fraction of sp³-hybridized carbons (Fsp3) is 0.400. The van der Waals surface area contributed by atoms with Crippen molar-refractivity contribution in [1.82, 2.24) is 15.5 Å². The molecule has 2 N–H and O–H groups in total. The number of nitrogens with one attached hydrogen (secondary N) is 2. The molecule has 28 heavy (non-hydrogen) atoms. The van der Waals surface area contributed by atoms with Gasteiger partial charge in [0.2, 0.25) is 5.91 Å². The molecule has 8 heteroatoms. The molecule has 0 unspecified atom stereocenters. The molecule has 0 bridgehead atoms. The number of hydrogen-bond acceptors (Lipinski definition) is 3. The number of amides is 1. The van der Waals surface area contributed by atoms with Crippen LogP contribution in [0.25, 0.3) is 0 Å². The molecule has 0 saturated carbocycles. The fourth-order valence-corrected chi connectivity index (χ4v) is 3.99. The van der Waals surface area contributed by atoms with Gasteiger partial charge < -0.3 is 15.5 Å². The minimum absolute atomic E-state index is 0. The van der Waals surface area contributed by atoms with Gasteiger partial charge in [-0.1, -0.05) is 12.1 Å². The van der Waals surface area contributed by atoms with Crippen LogP contribution in [0.1, 0.15) is 22.4 Å². The smallest absolute Gasteiger partial charge is 0.224 e. The summed E-state index contributed by atoms with van der Waals surface area (Å²) in [6, 6.07) is 8.61. The van der Waals surface area contributed by atoms with Gasteiger partial charge in [-0.25, -0.2) is 4.39 Å². The fourth-order valence-electron chi connectivity index (χ4n) is 3.10. The summed E-state index contributed by atoms with van der Waals surface area (Å²) in [5.74, 6) is 0.613. The van der Waals surface area contributed by atoms with Gasteiger partial charge >= 0.3 is 0 Å². The second-order valence-electron chi connectivity index (χ2n) is 6.49. The molecular weight excluding hydrogens is 490 g/mol. The molecule has 3 rings (SSSR count). The molecule has 2 aromatic rings. The summed E-state index contributed by atoms with van der Waals surface area (Å²) < 4.78 is 12.9. The summed E-state index contributed by atoms with van der Waals surface area (Å²) in [5.41, 5.74) is 2.35. The molecule has 0 aliphatic carbocycles. The van der Waals surface area contributed by atoms with Crippen LogP contribution in [0.3, 0.4) is 0 Å². The van der Waals surface area contributed by atoms with Crippen molar-refractivity contribution < 1.29 is 9.18 Å².